The van der Waals surface area contributed by atoms with E-state index in [4.69, 9.17) is 5.73 Å². The molecule has 0 spiro atoms. The molecule has 21 heavy (non-hydrogen) atoms. The first-order chi connectivity index (χ1) is 9.82. The highest BCUT2D eigenvalue weighted by Gasteiger charge is 2.41. The van der Waals surface area contributed by atoms with Crippen molar-refractivity contribution in [1.82, 2.24) is 4.90 Å². The van der Waals surface area contributed by atoms with Crippen molar-refractivity contribution in [3.05, 3.63) is 0 Å². The van der Waals surface area contributed by atoms with E-state index in [0.29, 0.717) is 6.54 Å². The number of hydrogen-bond acceptors (Lipinski definition) is 3. The van der Waals surface area contributed by atoms with Crippen LogP contribution in [0.1, 0.15) is 52.4 Å². The highest BCUT2D eigenvalue weighted by molar-refractivity contribution is 5.79. The number of nitrogens with zero attached hydrogens (tertiary/aromatic N) is 1. The summed E-state index contributed by atoms with van der Waals surface area (Å²) in [5.41, 5.74) is 5.13. The Labute approximate surface area is 126 Å². The van der Waals surface area contributed by atoms with Gasteiger partial charge in [-0.2, -0.15) is 0 Å². The summed E-state index contributed by atoms with van der Waals surface area (Å²) in [4.78, 5) is 26.0. The van der Waals surface area contributed by atoms with Gasteiger partial charge in [-0.15, -0.1) is 0 Å². The monoisotopic (exact) mass is 296 g/mol. The van der Waals surface area contributed by atoms with E-state index in [9.17, 15) is 14.7 Å². The van der Waals surface area contributed by atoms with Crippen molar-refractivity contribution in [2.45, 2.75) is 58.4 Å². The molecule has 1 atom stereocenters. The van der Waals surface area contributed by atoms with Gasteiger partial charge in [0.2, 0.25) is 5.91 Å². The van der Waals surface area contributed by atoms with Crippen molar-refractivity contribution in [2.75, 3.05) is 13.1 Å². The van der Waals surface area contributed by atoms with Gasteiger partial charge in [-0.25, -0.2) is 0 Å². The van der Waals surface area contributed by atoms with Crippen LogP contribution in [0.25, 0.3) is 0 Å². The number of carbonyl (C=O) groups excluding carboxylic acids is 1. The maximum atomic E-state index is 12.6. The fourth-order valence-electron chi connectivity index (χ4n) is 3.57. The van der Waals surface area contributed by atoms with Crippen LogP contribution in [0, 0.1) is 17.3 Å². The second kappa shape index (κ2) is 6.34. The molecule has 0 aromatic rings. The topological polar surface area (TPSA) is 83.6 Å². The van der Waals surface area contributed by atoms with Crippen molar-refractivity contribution >= 4 is 11.9 Å². The lowest BCUT2D eigenvalue weighted by molar-refractivity contribution is -0.154. The van der Waals surface area contributed by atoms with Gasteiger partial charge in [-0.3, -0.25) is 9.59 Å². The van der Waals surface area contributed by atoms with Gasteiger partial charge in [0.25, 0.3) is 0 Å². The van der Waals surface area contributed by atoms with Crippen molar-refractivity contribution in [2.24, 2.45) is 23.0 Å². The molecule has 0 aromatic heterocycles. The number of carboxylic acid groups (broad SMARTS) is 1. The summed E-state index contributed by atoms with van der Waals surface area (Å²) in [7, 11) is 0. The summed E-state index contributed by atoms with van der Waals surface area (Å²) in [5.74, 6) is -0.423. The predicted octanol–water partition coefficient (Wildman–Crippen LogP) is 1.85. The van der Waals surface area contributed by atoms with Gasteiger partial charge in [-0.05, 0) is 58.3 Å². The van der Waals surface area contributed by atoms with Crippen LogP contribution in [-0.2, 0) is 9.59 Å². The number of rotatable bonds is 3. The molecule has 2 aliphatic rings. The molecular formula is C16H28N2O3. The van der Waals surface area contributed by atoms with Crippen LogP contribution >= 0.6 is 0 Å². The van der Waals surface area contributed by atoms with Gasteiger partial charge in [0.05, 0.1) is 5.41 Å². The zero-order valence-electron chi connectivity index (χ0n) is 13.2. The molecule has 1 aliphatic carbocycles. The number of carbonyl (C=O) groups is 2. The van der Waals surface area contributed by atoms with Crippen LogP contribution in [0.4, 0.5) is 0 Å². The SMILES string of the molecule is CC(C)(C(=O)O)C1CCCN(C(=O)C2CCC(N)CC2)C1. The lowest BCUT2D eigenvalue weighted by atomic mass is 9.74. The molecule has 1 saturated heterocycles. The van der Waals surface area contributed by atoms with Gasteiger partial charge < -0.3 is 15.7 Å². The van der Waals surface area contributed by atoms with Crippen LogP contribution in [0.5, 0.6) is 0 Å². The molecule has 120 valence electrons. The first-order valence-corrected chi connectivity index (χ1v) is 8.10. The minimum Gasteiger partial charge on any atom is -0.481 e. The minimum absolute atomic E-state index is 0.0403. The van der Waals surface area contributed by atoms with E-state index < -0.39 is 11.4 Å². The minimum atomic E-state index is -0.773. The number of hydrogen-bond donors (Lipinski definition) is 2. The third kappa shape index (κ3) is 3.57. The van der Waals surface area contributed by atoms with Crippen molar-refractivity contribution in [3.63, 3.8) is 0 Å². The molecule has 0 bridgehead atoms. The molecule has 5 heteroatoms. The molecule has 1 aliphatic heterocycles. The van der Waals surface area contributed by atoms with Gasteiger partial charge in [0, 0.05) is 25.0 Å². The van der Waals surface area contributed by atoms with Crippen LogP contribution in [0.15, 0.2) is 0 Å². The van der Waals surface area contributed by atoms with Crippen LogP contribution in [-0.4, -0.2) is 41.0 Å². The largest absolute Gasteiger partial charge is 0.481 e. The zero-order chi connectivity index (χ0) is 15.6. The first kappa shape index (κ1) is 16.3. The standard InChI is InChI=1S/C16H28N2O3/c1-16(2,15(20)21)12-4-3-9-18(10-12)14(19)11-5-7-13(17)8-6-11/h11-13H,3-10,17H2,1-2H3,(H,20,21). The predicted molar refractivity (Wildman–Crippen MR) is 80.7 cm³/mol. The second-order valence-electron chi connectivity index (χ2n) is 7.26. The van der Waals surface area contributed by atoms with Crippen LogP contribution < -0.4 is 5.73 Å². The average Bonchev–Trinajstić information content (AvgIpc) is 2.47. The van der Waals surface area contributed by atoms with Gasteiger partial charge >= 0.3 is 5.97 Å². The van der Waals surface area contributed by atoms with Crippen molar-refractivity contribution in [1.29, 1.82) is 0 Å². The Balaban J connectivity index is 1.97. The Morgan fingerprint density at radius 1 is 1.14 bits per heavy atom. The second-order valence-corrected chi connectivity index (χ2v) is 7.26. The molecule has 1 heterocycles. The average molecular weight is 296 g/mol. The molecule has 2 fully saturated rings. The van der Waals surface area contributed by atoms with E-state index in [1.165, 1.54) is 0 Å². The van der Waals surface area contributed by atoms with Gasteiger partial charge in [0.1, 0.15) is 0 Å². The van der Waals surface area contributed by atoms with E-state index >= 15 is 0 Å². The third-order valence-corrected chi connectivity index (χ3v) is 5.43. The van der Waals surface area contributed by atoms with Crippen molar-refractivity contribution in [3.8, 4) is 0 Å². The number of nitrogens with two attached hydrogens (primary N) is 1. The first-order valence-electron chi connectivity index (χ1n) is 8.10. The number of carboxylic acids is 1. The van der Waals surface area contributed by atoms with Crippen LogP contribution in [0.3, 0.4) is 0 Å². The summed E-state index contributed by atoms with van der Waals surface area (Å²) < 4.78 is 0. The quantitative estimate of drug-likeness (QED) is 0.832. The van der Waals surface area contributed by atoms with E-state index in [1.54, 1.807) is 13.8 Å². The Morgan fingerprint density at radius 2 is 1.76 bits per heavy atom. The molecular weight excluding hydrogens is 268 g/mol. The molecule has 5 nitrogen and oxygen atoms in total. The molecule has 0 aromatic carbocycles. The van der Waals surface area contributed by atoms with Crippen LogP contribution in [0.2, 0.25) is 0 Å². The smallest absolute Gasteiger partial charge is 0.309 e. The summed E-state index contributed by atoms with van der Waals surface area (Å²) in [6.07, 6.45) is 5.40. The summed E-state index contributed by atoms with van der Waals surface area (Å²) in [6, 6.07) is 0.245. The van der Waals surface area contributed by atoms with Crippen molar-refractivity contribution < 1.29 is 14.7 Å². The Hall–Kier alpha value is -1.10. The lowest BCUT2D eigenvalue weighted by Crippen LogP contribution is -2.49. The number of aliphatic carboxylic acids is 1. The summed E-state index contributed by atoms with van der Waals surface area (Å²) >= 11 is 0. The Kier molecular flexibility index (Phi) is 4.91. The molecule has 1 amide bonds. The Bertz CT molecular complexity index is 400. The van der Waals surface area contributed by atoms with E-state index in [1.807, 2.05) is 4.90 Å². The maximum absolute atomic E-state index is 12.6. The molecule has 1 unspecified atom stereocenters. The summed E-state index contributed by atoms with van der Waals surface area (Å²) in [6.45, 7) is 4.90. The van der Waals surface area contributed by atoms with E-state index in [-0.39, 0.29) is 23.8 Å². The molecule has 0 radical (unpaired) electrons. The van der Waals surface area contributed by atoms with E-state index in [0.717, 1.165) is 45.1 Å². The fourth-order valence-corrected chi connectivity index (χ4v) is 3.57. The highest BCUT2D eigenvalue weighted by atomic mass is 16.4. The maximum Gasteiger partial charge on any atom is 0.309 e. The fraction of sp³-hybridized carbons (Fsp3) is 0.875. The van der Waals surface area contributed by atoms with Gasteiger partial charge in [0.15, 0.2) is 0 Å². The normalized spacial score (nSPS) is 31.0. The molecule has 1 saturated carbocycles. The highest BCUT2D eigenvalue weighted by Crippen LogP contribution is 2.35. The number of piperidine rings is 1. The summed E-state index contributed by atoms with van der Waals surface area (Å²) in [5, 5.41) is 9.38. The lowest BCUT2D eigenvalue weighted by Gasteiger charge is -2.41. The van der Waals surface area contributed by atoms with E-state index in [2.05, 4.69) is 0 Å². The molecule has 2 rings (SSSR count). The Morgan fingerprint density at radius 3 is 2.33 bits per heavy atom. The number of likely N-dealkylation sites (tertiary alicyclic amines) is 1. The third-order valence-electron chi connectivity index (χ3n) is 5.43. The van der Waals surface area contributed by atoms with Gasteiger partial charge in [-0.1, -0.05) is 0 Å². The number of amides is 1. The zero-order valence-corrected chi connectivity index (χ0v) is 13.2. The molecule has 3 N–H and O–H groups in total.